The summed E-state index contributed by atoms with van der Waals surface area (Å²) in [6, 6.07) is 16.9. The number of phenolic OH excluding ortho intramolecular Hbond substituents is 1. The van der Waals surface area contributed by atoms with Gasteiger partial charge in [0.25, 0.3) is 0 Å². The zero-order valence-corrected chi connectivity index (χ0v) is 14.8. The highest BCUT2D eigenvalue weighted by Crippen LogP contribution is 2.08. The first-order valence-corrected chi connectivity index (χ1v) is 8.09. The van der Waals surface area contributed by atoms with E-state index in [0.29, 0.717) is 5.75 Å². The smallest absolute Gasteiger partial charge is 0.323 e. The topological polar surface area (TPSA) is 58.6 Å². The van der Waals surface area contributed by atoms with Gasteiger partial charge in [0.05, 0.1) is 0 Å². The molecule has 0 aliphatic carbocycles. The lowest BCUT2D eigenvalue weighted by atomic mass is 10.1. The number of benzene rings is 2. The third-order valence-corrected chi connectivity index (χ3v) is 3.47. The Bertz CT molecular complexity index is 596. The summed E-state index contributed by atoms with van der Waals surface area (Å²) in [5.74, 6) is 0.135. The lowest BCUT2D eigenvalue weighted by Crippen LogP contribution is -2.34. The van der Waals surface area contributed by atoms with E-state index < -0.39 is 0 Å². The largest absolute Gasteiger partial charge is 0.508 e. The molecule has 0 spiro atoms. The fourth-order valence-corrected chi connectivity index (χ4v) is 2.03. The second-order valence-electron chi connectivity index (χ2n) is 5.79. The molecule has 2 aromatic carbocycles. The van der Waals surface area contributed by atoms with Crippen molar-refractivity contribution in [3.63, 3.8) is 0 Å². The number of aromatic hydroxyl groups is 1. The molecule has 0 aromatic heterocycles. The Morgan fingerprint density at radius 1 is 1.12 bits per heavy atom. The fourth-order valence-electron chi connectivity index (χ4n) is 2.03. The summed E-state index contributed by atoms with van der Waals surface area (Å²) in [6.07, 6.45) is 0.661. The SMILES string of the molecule is CN[C@@H](C)C(=O)OC(C)Cc1ccccc1.Cc1cccc(O)c1. The number of nitrogens with one attached hydrogen (secondary N) is 1. The molecule has 2 rings (SSSR count). The standard InChI is InChI=1S/C13H19NO2.C7H8O/c1-10(16-13(15)11(2)14-3)9-12-7-5-4-6-8-12;1-6-3-2-4-7(8)5-6/h4-8,10-11,14H,9H2,1-3H3;2-5,8H,1H3/t10?,11-;/m0./s1. The molecule has 0 heterocycles. The Kier molecular flexibility index (Phi) is 8.58. The van der Waals surface area contributed by atoms with Crippen molar-refractivity contribution in [2.45, 2.75) is 39.3 Å². The van der Waals surface area contributed by atoms with E-state index in [4.69, 9.17) is 9.84 Å². The summed E-state index contributed by atoms with van der Waals surface area (Å²) in [6.45, 7) is 5.64. The average molecular weight is 329 g/mol. The van der Waals surface area contributed by atoms with Gasteiger partial charge in [0, 0.05) is 6.42 Å². The maximum Gasteiger partial charge on any atom is 0.323 e. The first-order valence-electron chi connectivity index (χ1n) is 8.09. The Labute approximate surface area is 144 Å². The van der Waals surface area contributed by atoms with Crippen molar-refractivity contribution in [1.29, 1.82) is 0 Å². The summed E-state index contributed by atoms with van der Waals surface area (Å²) >= 11 is 0. The lowest BCUT2D eigenvalue weighted by molar-refractivity contribution is -0.150. The van der Waals surface area contributed by atoms with Gasteiger partial charge in [-0.3, -0.25) is 4.79 Å². The number of likely N-dealkylation sites (N-methyl/N-ethyl adjacent to an activating group) is 1. The van der Waals surface area contributed by atoms with Crippen LogP contribution in [0.2, 0.25) is 0 Å². The minimum atomic E-state index is -0.252. The molecular formula is C20H27NO3. The summed E-state index contributed by atoms with van der Waals surface area (Å²) in [5.41, 5.74) is 2.27. The molecule has 0 saturated heterocycles. The molecule has 0 aliphatic heterocycles. The highest BCUT2D eigenvalue weighted by atomic mass is 16.5. The van der Waals surface area contributed by atoms with Crippen LogP contribution in [0.4, 0.5) is 0 Å². The molecule has 2 atom stereocenters. The van der Waals surface area contributed by atoms with Crippen LogP contribution in [0.5, 0.6) is 5.75 Å². The van der Waals surface area contributed by atoms with Crippen molar-refractivity contribution >= 4 is 5.97 Å². The van der Waals surface area contributed by atoms with Crippen LogP contribution in [0.25, 0.3) is 0 Å². The molecule has 0 radical (unpaired) electrons. The van der Waals surface area contributed by atoms with Crippen molar-refractivity contribution in [1.82, 2.24) is 5.32 Å². The van der Waals surface area contributed by atoms with Crippen LogP contribution in [0.15, 0.2) is 54.6 Å². The molecule has 130 valence electrons. The van der Waals surface area contributed by atoms with Crippen LogP contribution in [0.3, 0.4) is 0 Å². The van der Waals surface area contributed by atoms with Gasteiger partial charge in [-0.15, -0.1) is 0 Å². The number of carbonyl (C=O) groups is 1. The van der Waals surface area contributed by atoms with Gasteiger partial charge in [0.1, 0.15) is 17.9 Å². The van der Waals surface area contributed by atoms with E-state index in [1.807, 2.05) is 56.3 Å². The van der Waals surface area contributed by atoms with Crippen LogP contribution in [0.1, 0.15) is 25.0 Å². The Morgan fingerprint density at radius 3 is 2.29 bits per heavy atom. The number of hydrogen-bond donors (Lipinski definition) is 2. The molecule has 4 heteroatoms. The second-order valence-corrected chi connectivity index (χ2v) is 5.79. The van der Waals surface area contributed by atoms with E-state index in [1.165, 1.54) is 5.56 Å². The zero-order valence-electron chi connectivity index (χ0n) is 14.8. The number of carbonyl (C=O) groups excluding carboxylic acids is 1. The fraction of sp³-hybridized carbons (Fsp3) is 0.350. The minimum absolute atomic E-state index is 0.0919. The Hall–Kier alpha value is -2.33. The summed E-state index contributed by atoms with van der Waals surface area (Å²) in [4.78, 5) is 11.5. The van der Waals surface area contributed by atoms with Crippen molar-refractivity contribution in [2.75, 3.05) is 7.05 Å². The van der Waals surface area contributed by atoms with Crippen molar-refractivity contribution in [3.05, 3.63) is 65.7 Å². The quantitative estimate of drug-likeness (QED) is 0.825. The monoisotopic (exact) mass is 329 g/mol. The van der Waals surface area contributed by atoms with Gasteiger partial charge >= 0.3 is 5.97 Å². The minimum Gasteiger partial charge on any atom is -0.508 e. The molecule has 4 nitrogen and oxygen atoms in total. The van der Waals surface area contributed by atoms with Crippen LogP contribution >= 0.6 is 0 Å². The molecule has 0 bridgehead atoms. The van der Waals surface area contributed by atoms with Crippen LogP contribution in [-0.2, 0) is 16.0 Å². The molecule has 2 aromatic rings. The lowest BCUT2D eigenvalue weighted by Gasteiger charge is -2.16. The second kappa shape index (κ2) is 10.4. The van der Waals surface area contributed by atoms with Gasteiger partial charge in [0.15, 0.2) is 0 Å². The van der Waals surface area contributed by atoms with Crippen LogP contribution in [-0.4, -0.2) is 30.3 Å². The molecule has 2 N–H and O–H groups in total. The van der Waals surface area contributed by atoms with Gasteiger partial charge in [-0.05, 0) is 51.1 Å². The third kappa shape index (κ3) is 7.79. The van der Waals surface area contributed by atoms with E-state index in [-0.39, 0.29) is 18.1 Å². The molecule has 0 aliphatic rings. The first kappa shape index (κ1) is 19.7. The van der Waals surface area contributed by atoms with Crippen molar-refractivity contribution in [2.24, 2.45) is 0 Å². The number of phenols is 1. The number of hydrogen-bond acceptors (Lipinski definition) is 4. The van der Waals surface area contributed by atoms with E-state index in [2.05, 4.69) is 5.32 Å². The predicted octanol–water partition coefficient (Wildman–Crippen LogP) is 3.47. The average Bonchev–Trinajstić information content (AvgIpc) is 2.55. The number of ether oxygens (including phenoxy) is 1. The summed E-state index contributed by atoms with van der Waals surface area (Å²) in [5, 5.41) is 11.7. The van der Waals surface area contributed by atoms with Crippen LogP contribution in [0, 0.1) is 6.92 Å². The predicted molar refractivity (Wildman–Crippen MR) is 97.1 cm³/mol. The third-order valence-electron chi connectivity index (χ3n) is 3.47. The summed E-state index contributed by atoms with van der Waals surface area (Å²) in [7, 11) is 1.74. The van der Waals surface area contributed by atoms with Crippen LogP contribution < -0.4 is 5.32 Å². The van der Waals surface area contributed by atoms with Gasteiger partial charge < -0.3 is 15.2 Å². The summed E-state index contributed by atoms with van der Waals surface area (Å²) < 4.78 is 5.31. The maximum absolute atomic E-state index is 11.5. The maximum atomic E-state index is 11.5. The van der Waals surface area contributed by atoms with Gasteiger partial charge in [-0.2, -0.15) is 0 Å². The number of esters is 1. The molecular weight excluding hydrogens is 302 g/mol. The zero-order chi connectivity index (χ0) is 17.9. The molecule has 0 saturated carbocycles. The van der Waals surface area contributed by atoms with E-state index in [1.54, 1.807) is 26.1 Å². The number of rotatable bonds is 5. The molecule has 24 heavy (non-hydrogen) atoms. The normalized spacial score (nSPS) is 12.5. The number of aryl methyl sites for hydroxylation is 1. The van der Waals surface area contributed by atoms with Gasteiger partial charge in [-0.25, -0.2) is 0 Å². The van der Waals surface area contributed by atoms with Crippen molar-refractivity contribution in [3.8, 4) is 5.75 Å². The Balaban J connectivity index is 0.000000300. The van der Waals surface area contributed by atoms with Crippen molar-refractivity contribution < 1.29 is 14.6 Å². The van der Waals surface area contributed by atoms with E-state index in [0.717, 1.165) is 12.0 Å². The van der Waals surface area contributed by atoms with Gasteiger partial charge in [-0.1, -0.05) is 42.5 Å². The van der Waals surface area contributed by atoms with Gasteiger partial charge in [0.2, 0.25) is 0 Å². The Morgan fingerprint density at radius 2 is 1.79 bits per heavy atom. The molecule has 0 fully saturated rings. The highest BCUT2D eigenvalue weighted by Gasteiger charge is 2.15. The molecule has 1 unspecified atom stereocenters. The van der Waals surface area contributed by atoms with E-state index in [9.17, 15) is 4.79 Å². The first-order chi connectivity index (χ1) is 11.4. The highest BCUT2D eigenvalue weighted by molar-refractivity contribution is 5.75. The molecule has 0 amide bonds. The van der Waals surface area contributed by atoms with E-state index >= 15 is 0 Å².